The van der Waals surface area contributed by atoms with Gasteiger partial charge in [-0.1, -0.05) is 13.0 Å². The highest BCUT2D eigenvalue weighted by Gasteiger charge is 2.35. The lowest BCUT2D eigenvalue weighted by Crippen LogP contribution is -2.43. The standard InChI is InChI=1S/C15H19F4NO/c1-14(10-21)5-2-6-20(9-14)8-11-3-4-12(16)7-13(11)15(17,18)19/h3-4,7,21H,2,5-6,8-10H2,1H3. The molecule has 1 aliphatic rings. The number of hydrogen-bond acceptors (Lipinski definition) is 2. The smallest absolute Gasteiger partial charge is 0.396 e. The van der Waals surface area contributed by atoms with Gasteiger partial charge >= 0.3 is 6.18 Å². The summed E-state index contributed by atoms with van der Waals surface area (Å²) in [5.74, 6) is -0.884. The molecule has 0 amide bonds. The summed E-state index contributed by atoms with van der Waals surface area (Å²) in [6.45, 7) is 3.28. The molecule has 118 valence electrons. The lowest BCUT2D eigenvalue weighted by Gasteiger charge is -2.39. The van der Waals surface area contributed by atoms with E-state index in [2.05, 4.69) is 0 Å². The molecule has 1 N–H and O–H groups in total. The summed E-state index contributed by atoms with van der Waals surface area (Å²) in [4.78, 5) is 1.89. The first kappa shape index (κ1) is 16.2. The Morgan fingerprint density at radius 3 is 2.67 bits per heavy atom. The molecule has 1 unspecified atom stereocenters. The van der Waals surface area contributed by atoms with Gasteiger partial charge in [0.1, 0.15) is 5.82 Å². The van der Waals surface area contributed by atoms with Gasteiger partial charge in [-0.25, -0.2) is 4.39 Å². The minimum Gasteiger partial charge on any atom is -0.396 e. The minimum atomic E-state index is -4.56. The molecule has 2 rings (SSSR count). The minimum absolute atomic E-state index is 0.0129. The summed E-state index contributed by atoms with van der Waals surface area (Å²) in [5, 5.41) is 9.40. The zero-order chi connectivity index (χ0) is 15.7. The van der Waals surface area contributed by atoms with Crippen LogP contribution in [0.4, 0.5) is 17.6 Å². The first-order valence-corrected chi connectivity index (χ1v) is 6.92. The van der Waals surface area contributed by atoms with E-state index < -0.39 is 17.6 Å². The Morgan fingerprint density at radius 2 is 2.05 bits per heavy atom. The Labute approximate surface area is 121 Å². The lowest BCUT2D eigenvalue weighted by molar-refractivity contribution is -0.138. The van der Waals surface area contributed by atoms with E-state index in [1.165, 1.54) is 6.07 Å². The van der Waals surface area contributed by atoms with Crippen molar-refractivity contribution >= 4 is 0 Å². The van der Waals surface area contributed by atoms with Crippen molar-refractivity contribution in [2.45, 2.75) is 32.5 Å². The summed E-state index contributed by atoms with van der Waals surface area (Å²) < 4.78 is 52.0. The quantitative estimate of drug-likeness (QED) is 0.865. The van der Waals surface area contributed by atoms with Crippen LogP contribution in [0.3, 0.4) is 0 Å². The van der Waals surface area contributed by atoms with Gasteiger partial charge in [0.15, 0.2) is 0 Å². The molecule has 0 spiro atoms. The third kappa shape index (κ3) is 3.95. The Hall–Kier alpha value is -1.14. The monoisotopic (exact) mass is 305 g/mol. The molecule has 1 aromatic carbocycles. The van der Waals surface area contributed by atoms with E-state index in [1.807, 2.05) is 11.8 Å². The van der Waals surface area contributed by atoms with Crippen molar-refractivity contribution in [3.8, 4) is 0 Å². The number of likely N-dealkylation sites (tertiary alicyclic amines) is 1. The van der Waals surface area contributed by atoms with E-state index in [0.29, 0.717) is 19.2 Å². The van der Waals surface area contributed by atoms with E-state index >= 15 is 0 Å². The lowest BCUT2D eigenvalue weighted by atomic mass is 9.82. The number of benzene rings is 1. The number of aliphatic hydroxyl groups is 1. The molecule has 1 heterocycles. The maximum Gasteiger partial charge on any atom is 0.416 e. The predicted molar refractivity (Wildman–Crippen MR) is 71.1 cm³/mol. The molecule has 0 saturated carbocycles. The third-order valence-electron chi connectivity index (χ3n) is 4.01. The van der Waals surface area contributed by atoms with E-state index in [4.69, 9.17) is 0 Å². The van der Waals surface area contributed by atoms with Crippen LogP contribution >= 0.6 is 0 Å². The van der Waals surface area contributed by atoms with E-state index in [-0.39, 0.29) is 24.1 Å². The largest absolute Gasteiger partial charge is 0.416 e. The highest BCUT2D eigenvalue weighted by Crippen LogP contribution is 2.35. The van der Waals surface area contributed by atoms with Crippen LogP contribution in [0.15, 0.2) is 18.2 Å². The van der Waals surface area contributed by atoms with Crippen LogP contribution in [-0.2, 0) is 12.7 Å². The molecule has 1 atom stereocenters. The van der Waals surface area contributed by atoms with Gasteiger partial charge in [-0.2, -0.15) is 13.2 Å². The summed E-state index contributed by atoms with van der Waals surface area (Å²) in [5.41, 5.74) is -1.12. The van der Waals surface area contributed by atoms with Crippen LogP contribution in [0, 0.1) is 11.2 Å². The molecule has 0 bridgehead atoms. The number of halogens is 4. The van der Waals surface area contributed by atoms with Gasteiger partial charge in [-0.05, 0) is 37.1 Å². The first-order valence-electron chi connectivity index (χ1n) is 6.92. The van der Waals surface area contributed by atoms with Crippen molar-refractivity contribution in [1.29, 1.82) is 0 Å². The van der Waals surface area contributed by atoms with Crippen molar-refractivity contribution in [3.05, 3.63) is 35.1 Å². The molecule has 21 heavy (non-hydrogen) atoms. The molecular formula is C15H19F4NO. The zero-order valence-electron chi connectivity index (χ0n) is 11.9. The summed E-state index contributed by atoms with van der Waals surface area (Å²) >= 11 is 0. The predicted octanol–water partition coefficient (Wildman–Crippen LogP) is 3.44. The molecule has 1 saturated heterocycles. The Balaban J connectivity index is 2.20. The molecule has 0 radical (unpaired) electrons. The van der Waals surface area contributed by atoms with Gasteiger partial charge < -0.3 is 5.11 Å². The van der Waals surface area contributed by atoms with Crippen LogP contribution in [-0.4, -0.2) is 29.7 Å². The molecular weight excluding hydrogens is 286 g/mol. The third-order valence-corrected chi connectivity index (χ3v) is 4.01. The van der Waals surface area contributed by atoms with Crippen LogP contribution in [0.5, 0.6) is 0 Å². The van der Waals surface area contributed by atoms with Gasteiger partial charge in [-0.15, -0.1) is 0 Å². The number of rotatable bonds is 3. The molecule has 1 fully saturated rings. The highest BCUT2D eigenvalue weighted by atomic mass is 19.4. The van der Waals surface area contributed by atoms with Crippen molar-refractivity contribution in [3.63, 3.8) is 0 Å². The fraction of sp³-hybridized carbons (Fsp3) is 0.600. The average Bonchev–Trinajstić information content (AvgIpc) is 2.40. The Morgan fingerprint density at radius 1 is 1.33 bits per heavy atom. The van der Waals surface area contributed by atoms with Gasteiger partial charge in [0.25, 0.3) is 0 Å². The molecule has 6 heteroatoms. The van der Waals surface area contributed by atoms with Crippen LogP contribution in [0.1, 0.15) is 30.9 Å². The van der Waals surface area contributed by atoms with E-state index in [0.717, 1.165) is 18.9 Å². The van der Waals surface area contributed by atoms with E-state index in [9.17, 15) is 22.7 Å². The number of nitrogens with zero attached hydrogens (tertiary/aromatic N) is 1. The number of hydrogen-bond donors (Lipinski definition) is 1. The van der Waals surface area contributed by atoms with Crippen LogP contribution in [0.25, 0.3) is 0 Å². The summed E-state index contributed by atoms with van der Waals surface area (Å²) in [7, 11) is 0. The zero-order valence-corrected chi connectivity index (χ0v) is 11.9. The average molecular weight is 305 g/mol. The van der Waals surface area contributed by atoms with Crippen molar-refractivity contribution in [2.24, 2.45) is 5.41 Å². The second kappa shape index (κ2) is 5.93. The second-order valence-electron chi connectivity index (χ2n) is 6.08. The SMILES string of the molecule is CC1(CO)CCCN(Cc2ccc(F)cc2C(F)(F)F)C1. The molecule has 0 aromatic heterocycles. The highest BCUT2D eigenvalue weighted by molar-refractivity contribution is 5.30. The van der Waals surface area contributed by atoms with Gasteiger partial charge in [-0.3, -0.25) is 4.90 Å². The van der Waals surface area contributed by atoms with Gasteiger partial charge in [0, 0.05) is 25.1 Å². The Kier molecular flexibility index (Phi) is 4.58. The summed E-state index contributed by atoms with van der Waals surface area (Å²) in [6.07, 6.45) is -2.87. The van der Waals surface area contributed by atoms with Gasteiger partial charge in [0.05, 0.1) is 5.56 Å². The number of alkyl halides is 3. The topological polar surface area (TPSA) is 23.5 Å². The van der Waals surface area contributed by atoms with Crippen molar-refractivity contribution in [2.75, 3.05) is 19.7 Å². The normalized spacial score (nSPS) is 24.3. The molecule has 0 aliphatic carbocycles. The van der Waals surface area contributed by atoms with E-state index in [1.54, 1.807) is 0 Å². The maximum atomic E-state index is 13.1. The van der Waals surface area contributed by atoms with Crippen molar-refractivity contribution in [1.82, 2.24) is 4.90 Å². The van der Waals surface area contributed by atoms with Gasteiger partial charge in [0.2, 0.25) is 0 Å². The van der Waals surface area contributed by atoms with Crippen LogP contribution < -0.4 is 0 Å². The fourth-order valence-corrected chi connectivity index (χ4v) is 2.88. The number of piperidine rings is 1. The fourth-order valence-electron chi connectivity index (χ4n) is 2.88. The first-order chi connectivity index (χ1) is 9.73. The maximum absolute atomic E-state index is 13.1. The molecule has 1 aromatic rings. The summed E-state index contributed by atoms with van der Waals surface area (Å²) in [6, 6.07) is 2.80. The van der Waals surface area contributed by atoms with Crippen LogP contribution in [0.2, 0.25) is 0 Å². The second-order valence-corrected chi connectivity index (χ2v) is 6.08. The number of aliphatic hydroxyl groups excluding tert-OH is 1. The molecule has 2 nitrogen and oxygen atoms in total. The van der Waals surface area contributed by atoms with Crippen molar-refractivity contribution < 1.29 is 22.7 Å². The molecule has 1 aliphatic heterocycles. The Bertz CT molecular complexity index is 503.